The first-order valence-electron chi connectivity index (χ1n) is 6.69. The maximum absolute atomic E-state index is 10.1. The fourth-order valence-electron chi connectivity index (χ4n) is 3.72. The first kappa shape index (κ1) is 12.4. The van der Waals surface area contributed by atoms with Crippen LogP contribution in [-0.2, 0) is 4.74 Å². The Balaban J connectivity index is 2.12. The van der Waals surface area contributed by atoms with E-state index < -0.39 is 0 Å². The predicted octanol–water partition coefficient (Wildman–Crippen LogP) is 3.13. The maximum atomic E-state index is 10.1. The Labute approximate surface area is 99.4 Å². The molecule has 2 saturated carbocycles. The van der Waals surface area contributed by atoms with E-state index in [-0.39, 0.29) is 17.1 Å². The van der Waals surface area contributed by atoms with Gasteiger partial charge in [0.25, 0.3) is 0 Å². The van der Waals surface area contributed by atoms with Gasteiger partial charge in [-0.2, -0.15) is 0 Å². The van der Waals surface area contributed by atoms with Gasteiger partial charge in [-0.05, 0) is 57.8 Å². The third-order valence-electron chi connectivity index (χ3n) is 4.50. The monoisotopic (exact) mass is 226 g/mol. The van der Waals surface area contributed by atoms with Gasteiger partial charge in [-0.1, -0.05) is 13.3 Å². The summed E-state index contributed by atoms with van der Waals surface area (Å²) in [6.07, 6.45) is 5.86. The number of hydrogen-bond donors (Lipinski definition) is 1. The fourth-order valence-corrected chi connectivity index (χ4v) is 3.72. The van der Waals surface area contributed by atoms with Crippen molar-refractivity contribution in [3.05, 3.63) is 0 Å². The fraction of sp³-hybridized carbons (Fsp3) is 1.00. The Morgan fingerprint density at radius 3 is 2.50 bits per heavy atom. The van der Waals surface area contributed by atoms with Crippen molar-refractivity contribution in [1.29, 1.82) is 0 Å². The van der Waals surface area contributed by atoms with E-state index in [0.717, 1.165) is 25.7 Å². The van der Waals surface area contributed by atoms with Crippen molar-refractivity contribution >= 4 is 0 Å². The van der Waals surface area contributed by atoms with Crippen molar-refractivity contribution in [2.75, 3.05) is 0 Å². The van der Waals surface area contributed by atoms with Gasteiger partial charge < -0.3 is 9.84 Å². The Bertz CT molecular complexity index is 256. The number of ether oxygens (including phenoxy) is 1. The van der Waals surface area contributed by atoms with E-state index in [1.807, 2.05) is 0 Å². The number of rotatable bonds is 1. The van der Waals surface area contributed by atoms with Crippen LogP contribution < -0.4 is 0 Å². The van der Waals surface area contributed by atoms with Crippen molar-refractivity contribution in [2.45, 2.75) is 77.6 Å². The van der Waals surface area contributed by atoms with Crippen molar-refractivity contribution in [1.82, 2.24) is 0 Å². The van der Waals surface area contributed by atoms with Crippen LogP contribution in [0.2, 0.25) is 0 Å². The average Bonchev–Trinajstić information content (AvgIpc) is 2.42. The zero-order valence-corrected chi connectivity index (χ0v) is 11.1. The van der Waals surface area contributed by atoms with Gasteiger partial charge >= 0.3 is 0 Å². The smallest absolute Gasteiger partial charge is 0.0639 e. The molecule has 0 aromatic carbocycles. The van der Waals surface area contributed by atoms with Gasteiger partial charge in [0.1, 0.15) is 0 Å². The van der Waals surface area contributed by atoms with Crippen molar-refractivity contribution in [3.63, 3.8) is 0 Å². The van der Waals surface area contributed by atoms with Crippen molar-refractivity contribution in [2.24, 2.45) is 11.3 Å². The zero-order chi connectivity index (χ0) is 12.0. The SMILES string of the molecule is CC(C)(C)O[C@H]1CC[C@H]2[C@@H](O)CCC[C@]12C. The number of hydrogen-bond acceptors (Lipinski definition) is 2. The van der Waals surface area contributed by atoms with Crippen LogP contribution >= 0.6 is 0 Å². The van der Waals surface area contributed by atoms with E-state index >= 15 is 0 Å². The molecule has 1 N–H and O–H groups in total. The minimum absolute atomic E-state index is 0.0645. The minimum Gasteiger partial charge on any atom is -0.393 e. The molecule has 2 aliphatic carbocycles. The van der Waals surface area contributed by atoms with Crippen LogP contribution in [0.4, 0.5) is 0 Å². The molecule has 4 atom stereocenters. The summed E-state index contributed by atoms with van der Waals surface area (Å²) in [7, 11) is 0. The van der Waals surface area contributed by atoms with E-state index in [1.54, 1.807) is 0 Å². The quantitative estimate of drug-likeness (QED) is 0.744. The molecular weight excluding hydrogens is 200 g/mol. The molecule has 0 aromatic heterocycles. The molecule has 2 rings (SSSR count). The highest BCUT2D eigenvalue weighted by molar-refractivity contribution is 5.01. The van der Waals surface area contributed by atoms with Gasteiger partial charge in [0, 0.05) is 0 Å². The molecule has 2 fully saturated rings. The summed E-state index contributed by atoms with van der Waals surface area (Å²) in [5.41, 5.74) is 0.149. The second-order valence-electron chi connectivity index (χ2n) is 6.87. The number of aliphatic hydroxyl groups is 1. The molecule has 0 saturated heterocycles. The lowest BCUT2D eigenvalue weighted by atomic mass is 9.67. The Hall–Kier alpha value is -0.0800. The lowest BCUT2D eigenvalue weighted by Gasteiger charge is -2.44. The summed E-state index contributed by atoms with van der Waals surface area (Å²) >= 11 is 0. The van der Waals surface area contributed by atoms with Gasteiger partial charge in [-0.3, -0.25) is 0 Å². The molecule has 94 valence electrons. The molecule has 0 radical (unpaired) electrons. The van der Waals surface area contributed by atoms with E-state index in [0.29, 0.717) is 12.0 Å². The van der Waals surface area contributed by atoms with Crippen LogP contribution in [0, 0.1) is 11.3 Å². The lowest BCUT2D eigenvalue weighted by Crippen LogP contribution is -2.45. The number of aliphatic hydroxyl groups excluding tert-OH is 1. The van der Waals surface area contributed by atoms with E-state index in [4.69, 9.17) is 4.74 Å². The van der Waals surface area contributed by atoms with Crippen molar-refractivity contribution in [3.8, 4) is 0 Å². The molecule has 0 amide bonds. The molecule has 0 heterocycles. The maximum Gasteiger partial charge on any atom is 0.0639 e. The Morgan fingerprint density at radius 1 is 1.19 bits per heavy atom. The lowest BCUT2D eigenvalue weighted by molar-refractivity contribution is -0.130. The zero-order valence-electron chi connectivity index (χ0n) is 11.1. The molecule has 0 spiro atoms. The average molecular weight is 226 g/mol. The van der Waals surface area contributed by atoms with Crippen LogP contribution in [0.3, 0.4) is 0 Å². The molecule has 2 nitrogen and oxygen atoms in total. The Morgan fingerprint density at radius 2 is 1.88 bits per heavy atom. The number of fused-ring (bicyclic) bond motifs is 1. The van der Waals surface area contributed by atoms with Crippen LogP contribution in [-0.4, -0.2) is 22.9 Å². The first-order valence-corrected chi connectivity index (χ1v) is 6.69. The summed E-state index contributed by atoms with van der Waals surface area (Å²) in [6, 6.07) is 0. The van der Waals surface area contributed by atoms with E-state index in [1.165, 1.54) is 6.42 Å². The molecule has 2 aliphatic rings. The highest BCUT2D eigenvalue weighted by Crippen LogP contribution is 2.53. The molecule has 0 aromatic rings. The molecule has 2 heteroatoms. The molecule has 0 unspecified atom stereocenters. The Kier molecular flexibility index (Phi) is 3.09. The van der Waals surface area contributed by atoms with Gasteiger partial charge in [0.05, 0.1) is 17.8 Å². The van der Waals surface area contributed by atoms with E-state index in [9.17, 15) is 5.11 Å². The molecular formula is C14H26O2. The minimum atomic E-state index is -0.0904. The van der Waals surface area contributed by atoms with Gasteiger partial charge in [0.2, 0.25) is 0 Å². The highest BCUT2D eigenvalue weighted by atomic mass is 16.5. The summed E-state index contributed by atoms with van der Waals surface area (Å²) in [4.78, 5) is 0. The van der Waals surface area contributed by atoms with Crippen LogP contribution in [0.1, 0.15) is 59.8 Å². The van der Waals surface area contributed by atoms with Crippen molar-refractivity contribution < 1.29 is 9.84 Å². The molecule has 16 heavy (non-hydrogen) atoms. The normalized spacial score (nSPS) is 44.4. The second kappa shape index (κ2) is 3.99. The van der Waals surface area contributed by atoms with Crippen LogP contribution in [0.15, 0.2) is 0 Å². The first-order chi connectivity index (χ1) is 7.33. The third kappa shape index (κ3) is 2.14. The molecule has 0 bridgehead atoms. The van der Waals surface area contributed by atoms with Gasteiger partial charge in [0.15, 0.2) is 0 Å². The second-order valence-corrected chi connectivity index (χ2v) is 6.87. The topological polar surface area (TPSA) is 29.5 Å². The summed E-state index contributed by atoms with van der Waals surface area (Å²) < 4.78 is 6.21. The standard InChI is InChI=1S/C14H26O2/c1-13(2,3)16-12-8-7-10-11(15)6-5-9-14(10,12)4/h10-12,15H,5-9H2,1-4H3/t10-,11-,12-,14-/m0/s1. The van der Waals surface area contributed by atoms with Gasteiger partial charge in [-0.25, -0.2) is 0 Å². The highest BCUT2D eigenvalue weighted by Gasteiger charge is 2.52. The largest absolute Gasteiger partial charge is 0.393 e. The van der Waals surface area contributed by atoms with Gasteiger partial charge in [-0.15, -0.1) is 0 Å². The molecule has 0 aliphatic heterocycles. The summed E-state index contributed by atoms with van der Waals surface area (Å²) in [5.74, 6) is 0.466. The van der Waals surface area contributed by atoms with Crippen LogP contribution in [0.5, 0.6) is 0 Å². The predicted molar refractivity (Wildman–Crippen MR) is 65.3 cm³/mol. The third-order valence-corrected chi connectivity index (χ3v) is 4.50. The summed E-state index contributed by atoms with van der Waals surface area (Å²) in [6.45, 7) is 8.71. The van der Waals surface area contributed by atoms with Crippen LogP contribution in [0.25, 0.3) is 0 Å². The van der Waals surface area contributed by atoms with E-state index in [2.05, 4.69) is 27.7 Å². The summed E-state index contributed by atoms with van der Waals surface area (Å²) in [5, 5.41) is 10.1.